The van der Waals surface area contributed by atoms with E-state index >= 15 is 0 Å². The first-order valence-electron chi connectivity index (χ1n) is 6.04. The summed E-state index contributed by atoms with van der Waals surface area (Å²) in [6.07, 6.45) is 1.17. The van der Waals surface area contributed by atoms with Crippen molar-refractivity contribution in [2.75, 3.05) is 0 Å². The predicted octanol–water partition coefficient (Wildman–Crippen LogP) is 2.81. The summed E-state index contributed by atoms with van der Waals surface area (Å²) >= 11 is 0. The second-order valence-corrected chi connectivity index (χ2v) is 7.57. The molecule has 0 amide bonds. The van der Waals surface area contributed by atoms with Gasteiger partial charge in [-0.05, 0) is 46.0 Å². The van der Waals surface area contributed by atoms with E-state index in [0.717, 1.165) is 0 Å². The number of rotatable bonds is 0. The van der Waals surface area contributed by atoms with Gasteiger partial charge in [0.05, 0.1) is 5.60 Å². The molecule has 0 atom stereocenters. The largest absolute Gasteiger partial charge is 0.389 e. The number of hydrogen-bond acceptors (Lipinski definition) is 3. The van der Waals surface area contributed by atoms with E-state index in [1.165, 1.54) is 5.06 Å². The second kappa shape index (κ2) is 3.44. The van der Waals surface area contributed by atoms with Crippen molar-refractivity contribution in [3.63, 3.8) is 0 Å². The normalized spacial score (nSPS) is 29.1. The Hall–Kier alpha value is -0.120. The molecule has 0 aromatic carbocycles. The summed E-state index contributed by atoms with van der Waals surface area (Å²) < 4.78 is 0. The van der Waals surface area contributed by atoms with Crippen LogP contribution in [0.2, 0.25) is 0 Å². The molecular weight excluding hydrogens is 202 g/mol. The monoisotopic (exact) mass is 229 g/mol. The maximum Gasteiger partial charge on any atom is 0.0732 e. The van der Waals surface area contributed by atoms with Gasteiger partial charge in [-0.1, -0.05) is 20.8 Å². The molecule has 0 aromatic heterocycles. The van der Waals surface area contributed by atoms with Crippen LogP contribution >= 0.6 is 0 Å². The van der Waals surface area contributed by atoms with Crippen LogP contribution in [0.1, 0.15) is 61.3 Å². The molecule has 3 nitrogen and oxygen atoms in total. The van der Waals surface area contributed by atoms with E-state index in [9.17, 15) is 10.3 Å². The lowest BCUT2D eigenvalue weighted by Gasteiger charge is -2.58. The lowest BCUT2D eigenvalue weighted by Crippen LogP contribution is -2.67. The van der Waals surface area contributed by atoms with Crippen molar-refractivity contribution in [3.05, 3.63) is 0 Å². The third kappa shape index (κ3) is 2.13. The van der Waals surface area contributed by atoms with Crippen LogP contribution in [0.25, 0.3) is 0 Å². The average molecular weight is 229 g/mol. The van der Waals surface area contributed by atoms with Crippen LogP contribution in [0.4, 0.5) is 0 Å². The van der Waals surface area contributed by atoms with Gasteiger partial charge in [0.1, 0.15) is 0 Å². The summed E-state index contributed by atoms with van der Waals surface area (Å²) in [7, 11) is 0. The highest BCUT2D eigenvalue weighted by molar-refractivity contribution is 5.07. The Balaban J connectivity index is 3.13. The maximum absolute atomic E-state index is 10.9. The van der Waals surface area contributed by atoms with Gasteiger partial charge in [0.15, 0.2) is 0 Å². The highest BCUT2D eigenvalue weighted by Gasteiger charge is 2.55. The molecule has 0 spiro atoms. The third-order valence-corrected chi connectivity index (χ3v) is 3.99. The van der Waals surface area contributed by atoms with Gasteiger partial charge in [0.2, 0.25) is 0 Å². The molecule has 0 bridgehead atoms. The fourth-order valence-corrected chi connectivity index (χ4v) is 2.99. The number of hydrogen-bond donors (Lipinski definition) is 2. The van der Waals surface area contributed by atoms with Crippen LogP contribution in [-0.2, 0) is 0 Å². The highest BCUT2D eigenvalue weighted by atomic mass is 16.5. The van der Waals surface area contributed by atoms with Crippen molar-refractivity contribution in [1.82, 2.24) is 5.06 Å². The Labute approximate surface area is 99.4 Å². The van der Waals surface area contributed by atoms with Gasteiger partial charge in [0, 0.05) is 11.1 Å². The van der Waals surface area contributed by atoms with Gasteiger partial charge in [-0.3, -0.25) is 0 Å². The van der Waals surface area contributed by atoms with E-state index in [-0.39, 0.29) is 5.41 Å². The number of nitrogens with zero attached hydrogens (tertiary/aromatic N) is 1. The zero-order valence-electron chi connectivity index (χ0n) is 11.8. The summed E-state index contributed by atoms with van der Waals surface area (Å²) in [6.45, 7) is 14.1. The summed E-state index contributed by atoms with van der Waals surface area (Å²) in [5.74, 6) is 0. The van der Waals surface area contributed by atoms with Crippen molar-refractivity contribution in [2.45, 2.75) is 78.0 Å². The molecule has 1 aliphatic heterocycles. The smallest absolute Gasteiger partial charge is 0.0732 e. The fraction of sp³-hybridized carbons (Fsp3) is 1.00. The van der Waals surface area contributed by atoms with Gasteiger partial charge < -0.3 is 10.3 Å². The van der Waals surface area contributed by atoms with Crippen molar-refractivity contribution in [2.24, 2.45) is 5.41 Å². The number of aliphatic hydroxyl groups is 1. The standard InChI is InChI=1S/C13H27NO2/c1-10(2,3)13(15)8-11(4,5)14(16)12(6,7)9-13/h15-16H,8-9H2,1-7H3. The van der Waals surface area contributed by atoms with Crippen molar-refractivity contribution in [3.8, 4) is 0 Å². The van der Waals surface area contributed by atoms with E-state index < -0.39 is 16.7 Å². The fourth-order valence-electron chi connectivity index (χ4n) is 2.99. The summed E-state index contributed by atoms with van der Waals surface area (Å²) in [5, 5.41) is 22.4. The zero-order valence-corrected chi connectivity index (χ0v) is 11.8. The van der Waals surface area contributed by atoms with Gasteiger partial charge in [-0.25, -0.2) is 0 Å². The Morgan fingerprint density at radius 3 is 1.50 bits per heavy atom. The minimum absolute atomic E-state index is 0.178. The van der Waals surface area contributed by atoms with E-state index in [4.69, 9.17) is 0 Å². The average Bonchev–Trinajstić information content (AvgIpc) is 1.96. The summed E-state index contributed by atoms with van der Waals surface area (Å²) in [5.41, 5.74) is -1.71. The van der Waals surface area contributed by atoms with E-state index in [2.05, 4.69) is 20.8 Å². The molecule has 16 heavy (non-hydrogen) atoms. The van der Waals surface area contributed by atoms with E-state index in [1.807, 2.05) is 27.7 Å². The molecule has 1 rings (SSSR count). The molecule has 0 aromatic rings. The molecule has 3 heteroatoms. The molecule has 1 heterocycles. The molecule has 0 saturated carbocycles. The lowest BCUT2D eigenvalue weighted by molar-refractivity contribution is -0.288. The Morgan fingerprint density at radius 2 is 1.25 bits per heavy atom. The van der Waals surface area contributed by atoms with Gasteiger partial charge in [-0.15, -0.1) is 0 Å². The molecule has 0 aliphatic carbocycles. The minimum Gasteiger partial charge on any atom is -0.389 e. The molecule has 0 radical (unpaired) electrons. The van der Waals surface area contributed by atoms with Crippen LogP contribution in [0.5, 0.6) is 0 Å². The van der Waals surface area contributed by atoms with Crippen LogP contribution < -0.4 is 0 Å². The maximum atomic E-state index is 10.9. The first-order chi connectivity index (χ1) is 6.82. The Bertz CT molecular complexity index is 258. The lowest BCUT2D eigenvalue weighted by atomic mass is 9.62. The number of hydroxylamine groups is 2. The van der Waals surface area contributed by atoms with Crippen molar-refractivity contribution >= 4 is 0 Å². The first kappa shape index (κ1) is 13.9. The molecular formula is C13H27NO2. The van der Waals surface area contributed by atoms with Gasteiger partial charge in [0.25, 0.3) is 0 Å². The number of piperidine rings is 1. The second-order valence-electron chi connectivity index (χ2n) is 7.57. The summed E-state index contributed by atoms with van der Waals surface area (Å²) in [4.78, 5) is 0. The van der Waals surface area contributed by atoms with Gasteiger partial charge >= 0.3 is 0 Å². The SMILES string of the molecule is CC1(C)CC(O)(C(C)(C)C)CC(C)(C)N1O. The third-order valence-electron chi connectivity index (χ3n) is 3.99. The van der Waals surface area contributed by atoms with Gasteiger partial charge in [-0.2, -0.15) is 5.06 Å². The summed E-state index contributed by atoms with van der Waals surface area (Å²) in [6, 6.07) is 0. The molecule has 1 aliphatic rings. The Kier molecular flexibility index (Phi) is 3.00. The topological polar surface area (TPSA) is 43.7 Å². The molecule has 1 saturated heterocycles. The van der Waals surface area contributed by atoms with Crippen LogP contribution in [0.15, 0.2) is 0 Å². The first-order valence-corrected chi connectivity index (χ1v) is 6.04. The molecule has 0 unspecified atom stereocenters. The molecule has 1 fully saturated rings. The van der Waals surface area contributed by atoms with Crippen molar-refractivity contribution < 1.29 is 10.3 Å². The van der Waals surface area contributed by atoms with E-state index in [1.54, 1.807) is 0 Å². The molecule has 2 N–H and O–H groups in total. The van der Waals surface area contributed by atoms with Crippen LogP contribution in [-0.4, -0.2) is 32.1 Å². The zero-order chi connectivity index (χ0) is 13.0. The predicted molar refractivity (Wildman–Crippen MR) is 65.4 cm³/mol. The van der Waals surface area contributed by atoms with Crippen molar-refractivity contribution in [1.29, 1.82) is 0 Å². The highest BCUT2D eigenvalue weighted by Crippen LogP contribution is 2.49. The minimum atomic E-state index is -0.737. The van der Waals surface area contributed by atoms with Crippen LogP contribution in [0.3, 0.4) is 0 Å². The quantitative estimate of drug-likeness (QED) is 0.671. The molecule has 96 valence electrons. The Morgan fingerprint density at radius 1 is 0.938 bits per heavy atom. The van der Waals surface area contributed by atoms with E-state index in [0.29, 0.717) is 12.8 Å². The van der Waals surface area contributed by atoms with Crippen LogP contribution in [0, 0.1) is 5.41 Å².